The topological polar surface area (TPSA) is 24.8 Å². The molecule has 0 aromatic rings. The molecule has 0 aromatic heterocycles. The zero-order valence-corrected chi connectivity index (χ0v) is 11.3. The van der Waals surface area contributed by atoms with Gasteiger partial charge in [-0.1, -0.05) is 18.6 Å². The molecule has 96 valence electrons. The molecule has 17 heavy (non-hydrogen) atoms. The predicted octanol–water partition coefficient (Wildman–Crippen LogP) is 2.65. The van der Waals surface area contributed by atoms with E-state index in [2.05, 4.69) is 49.5 Å². The van der Waals surface area contributed by atoms with Crippen LogP contribution >= 0.6 is 0 Å². The van der Waals surface area contributed by atoms with Gasteiger partial charge in [0.2, 0.25) is 0 Å². The van der Waals surface area contributed by atoms with E-state index in [-0.39, 0.29) is 0 Å². The summed E-state index contributed by atoms with van der Waals surface area (Å²) in [5, 5.41) is 0. The van der Waals surface area contributed by atoms with Crippen LogP contribution in [0.5, 0.6) is 0 Å². The van der Waals surface area contributed by atoms with E-state index in [1.165, 1.54) is 5.57 Å². The molecule has 0 bridgehead atoms. The lowest BCUT2D eigenvalue weighted by atomic mass is 10.1. The van der Waals surface area contributed by atoms with Crippen LogP contribution in [-0.2, 0) is 4.74 Å². The molecule has 0 saturated carbocycles. The molecule has 0 amide bonds. The van der Waals surface area contributed by atoms with Crippen molar-refractivity contribution in [3.8, 4) is 0 Å². The summed E-state index contributed by atoms with van der Waals surface area (Å²) >= 11 is 0. The second-order valence-electron chi connectivity index (χ2n) is 4.44. The molecule has 3 heteroatoms. The molecule has 0 aromatic carbocycles. The van der Waals surface area contributed by atoms with E-state index >= 15 is 0 Å². The average Bonchev–Trinajstić information content (AvgIpc) is 2.39. The molecular formula is C14H24N2O. The summed E-state index contributed by atoms with van der Waals surface area (Å²) in [6.07, 6.45) is 5.31. The van der Waals surface area contributed by atoms with Gasteiger partial charge in [-0.2, -0.15) is 0 Å². The molecule has 1 aliphatic rings. The van der Waals surface area contributed by atoms with Gasteiger partial charge in [-0.05, 0) is 33.1 Å². The SMILES string of the molecule is C=N/C(=C\C=C(/C)CC)C(C)N1CCOCC1. The maximum Gasteiger partial charge on any atom is 0.0594 e. The third-order valence-electron chi connectivity index (χ3n) is 3.30. The van der Waals surface area contributed by atoms with Crippen LogP contribution in [0.2, 0.25) is 0 Å². The van der Waals surface area contributed by atoms with E-state index < -0.39 is 0 Å². The van der Waals surface area contributed by atoms with E-state index in [1.54, 1.807) is 0 Å². The number of nitrogens with zero attached hydrogens (tertiary/aromatic N) is 2. The lowest BCUT2D eigenvalue weighted by Crippen LogP contribution is -2.42. The van der Waals surface area contributed by atoms with Gasteiger partial charge in [-0.3, -0.25) is 9.89 Å². The fourth-order valence-electron chi connectivity index (χ4n) is 1.82. The standard InChI is InChI=1S/C14H24N2O/c1-5-12(2)6-7-14(15-4)13(3)16-8-10-17-11-9-16/h6-7,13H,4-5,8-11H2,1-3H3/b12-6+,14-7-. The minimum absolute atomic E-state index is 0.317. The molecule has 1 heterocycles. The Morgan fingerprint density at radius 1 is 1.41 bits per heavy atom. The van der Waals surface area contributed by atoms with Gasteiger partial charge >= 0.3 is 0 Å². The van der Waals surface area contributed by atoms with E-state index in [4.69, 9.17) is 4.74 Å². The maximum absolute atomic E-state index is 5.36. The van der Waals surface area contributed by atoms with Crippen molar-refractivity contribution in [3.63, 3.8) is 0 Å². The predicted molar refractivity (Wildman–Crippen MR) is 73.5 cm³/mol. The lowest BCUT2D eigenvalue weighted by molar-refractivity contribution is 0.0266. The summed E-state index contributed by atoms with van der Waals surface area (Å²) in [6.45, 7) is 13.7. The first-order chi connectivity index (χ1) is 8.19. The quantitative estimate of drug-likeness (QED) is 0.541. The van der Waals surface area contributed by atoms with Crippen molar-refractivity contribution in [1.29, 1.82) is 0 Å². The summed E-state index contributed by atoms with van der Waals surface area (Å²) < 4.78 is 5.36. The lowest BCUT2D eigenvalue weighted by Gasteiger charge is -2.32. The largest absolute Gasteiger partial charge is 0.379 e. The van der Waals surface area contributed by atoms with Crippen molar-refractivity contribution in [2.75, 3.05) is 26.3 Å². The molecule has 0 aliphatic carbocycles. The zero-order chi connectivity index (χ0) is 12.7. The number of ether oxygens (including phenoxy) is 1. The van der Waals surface area contributed by atoms with E-state index in [1.807, 2.05) is 0 Å². The number of morpholine rings is 1. The molecule has 0 N–H and O–H groups in total. The minimum atomic E-state index is 0.317. The summed E-state index contributed by atoms with van der Waals surface area (Å²) in [4.78, 5) is 6.54. The van der Waals surface area contributed by atoms with E-state index in [0.29, 0.717) is 6.04 Å². The van der Waals surface area contributed by atoms with Gasteiger partial charge in [0, 0.05) is 19.1 Å². The van der Waals surface area contributed by atoms with Crippen molar-refractivity contribution >= 4 is 6.72 Å². The van der Waals surface area contributed by atoms with Crippen molar-refractivity contribution in [2.45, 2.75) is 33.2 Å². The van der Waals surface area contributed by atoms with Gasteiger partial charge in [0.25, 0.3) is 0 Å². The molecule has 1 atom stereocenters. The fourth-order valence-corrected chi connectivity index (χ4v) is 1.82. The molecule has 0 radical (unpaired) electrons. The maximum atomic E-state index is 5.36. The van der Waals surface area contributed by atoms with Crippen LogP contribution in [0.25, 0.3) is 0 Å². The van der Waals surface area contributed by atoms with Crippen LogP contribution in [0.3, 0.4) is 0 Å². The molecule has 3 nitrogen and oxygen atoms in total. The normalized spacial score (nSPS) is 21.4. The Morgan fingerprint density at radius 3 is 2.59 bits per heavy atom. The van der Waals surface area contributed by atoms with Gasteiger partial charge < -0.3 is 4.74 Å². The average molecular weight is 236 g/mol. The Balaban J connectivity index is 2.68. The summed E-state index contributed by atoms with van der Waals surface area (Å²) in [7, 11) is 0. The number of hydrogen-bond donors (Lipinski definition) is 0. The molecule has 1 saturated heterocycles. The van der Waals surface area contributed by atoms with Crippen LogP contribution in [0.1, 0.15) is 27.2 Å². The second-order valence-corrected chi connectivity index (χ2v) is 4.44. The van der Waals surface area contributed by atoms with Gasteiger partial charge in [-0.15, -0.1) is 0 Å². The summed E-state index contributed by atoms with van der Waals surface area (Å²) in [6, 6.07) is 0.317. The van der Waals surface area contributed by atoms with Crippen molar-refractivity contribution in [1.82, 2.24) is 4.90 Å². The zero-order valence-electron chi connectivity index (χ0n) is 11.3. The number of hydrogen-bond acceptors (Lipinski definition) is 3. The Morgan fingerprint density at radius 2 is 2.06 bits per heavy atom. The van der Waals surface area contributed by atoms with Gasteiger partial charge in [-0.25, -0.2) is 0 Å². The molecule has 0 spiro atoms. The van der Waals surface area contributed by atoms with E-state index in [9.17, 15) is 0 Å². The van der Waals surface area contributed by atoms with Crippen LogP contribution in [0.15, 0.2) is 28.4 Å². The molecule has 1 aliphatic heterocycles. The molecule has 1 unspecified atom stereocenters. The van der Waals surface area contributed by atoms with Crippen LogP contribution < -0.4 is 0 Å². The first-order valence-electron chi connectivity index (χ1n) is 6.35. The second kappa shape index (κ2) is 7.41. The van der Waals surface area contributed by atoms with Crippen LogP contribution in [-0.4, -0.2) is 44.0 Å². The smallest absolute Gasteiger partial charge is 0.0594 e. The Hall–Kier alpha value is -0.930. The van der Waals surface area contributed by atoms with Crippen LogP contribution in [0.4, 0.5) is 0 Å². The van der Waals surface area contributed by atoms with Crippen LogP contribution in [0, 0.1) is 0 Å². The third kappa shape index (κ3) is 4.44. The molecular weight excluding hydrogens is 212 g/mol. The highest BCUT2D eigenvalue weighted by atomic mass is 16.5. The van der Waals surface area contributed by atoms with Crippen molar-refractivity contribution in [3.05, 3.63) is 23.4 Å². The summed E-state index contributed by atoms with van der Waals surface area (Å²) in [5.74, 6) is 0. The minimum Gasteiger partial charge on any atom is -0.379 e. The first kappa shape index (κ1) is 14.1. The highest BCUT2D eigenvalue weighted by Gasteiger charge is 2.19. The van der Waals surface area contributed by atoms with Gasteiger partial charge in [0.05, 0.1) is 18.9 Å². The molecule has 1 rings (SSSR count). The number of rotatable bonds is 5. The van der Waals surface area contributed by atoms with Gasteiger partial charge in [0.1, 0.15) is 0 Å². The number of allylic oxidation sites excluding steroid dienone is 3. The highest BCUT2D eigenvalue weighted by Crippen LogP contribution is 2.14. The monoisotopic (exact) mass is 236 g/mol. The Labute approximate surface area is 105 Å². The molecule has 1 fully saturated rings. The highest BCUT2D eigenvalue weighted by molar-refractivity contribution is 5.32. The van der Waals surface area contributed by atoms with E-state index in [0.717, 1.165) is 38.4 Å². The summed E-state index contributed by atoms with van der Waals surface area (Å²) in [5.41, 5.74) is 2.40. The Bertz CT molecular complexity index is 301. The van der Waals surface area contributed by atoms with Gasteiger partial charge in [0.15, 0.2) is 0 Å². The first-order valence-corrected chi connectivity index (χ1v) is 6.35. The Kier molecular flexibility index (Phi) is 6.16. The number of aliphatic imine (C=N–C) groups is 1. The van der Waals surface area contributed by atoms with Crippen molar-refractivity contribution in [2.24, 2.45) is 4.99 Å². The fraction of sp³-hybridized carbons (Fsp3) is 0.643. The third-order valence-corrected chi connectivity index (χ3v) is 3.30. The van der Waals surface area contributed by atoms with Crippen molar-refractivity contribution < 1.29 is 4.74 Å².